The lowest BCUT2D eigenvalue weighted by molar-refractivity contribution is 0.415. The van der Waals surface area contributed by atoms with E-state index in [1.54, 1.807) is 19.5 Å². The maximum Gasteiger partial charge on any atom is 0.233 e. The molecular formula is C26H29N9O. The van der Waals surface area contributed by atoms with Gasteiger partial charge in [-0.3, -0.25) is 0 Å². The molecule has 0 spiro atoms. The third-order valence-corrected chi connectivity index (χ3v) is 6.01. The molecule has 0 saturated carbocycles. The van der Waals surface area contributed by atoms with Gasteiger partial charge >= 0.3 is 0 Å². The highest BCUT2D eigenvalue weighted by Gasteiger charge is 2.22. The van der Waals surface area contributed by atoms with Crippen molar-refractivity contribution in [3.63, 3.8) is 0 Å². The van der Waals surface area contributed by atoms with Crippen LogP contribution < -0.4 is 25.2 Å². The van der Waals surface area contributed by atoms with Gasteiger partial charge in [-0.25, -0.2) is 9.97 Å². The van der Waals surface area contributed by atoms with Crippen molar-refractivity contribution in [2.75, 3.05) is 53.7 Å². The number of aromatic nitrogens is 5. The van der Waals surface area contributed by atoms with Crippen LogP contribution in [0.5, 0.6) is 5.75 Å². The predicted molar refractivity (Wildman–Crippen MR) is 142 cm³/mol. The van der Waals surface area contributed by atoms with Gasteiger partial charge < -0.3 is 25.2 Å². The standard InChI is InChI=1S/C26H29N9O/c1-18-5-6-19(2)22(17-18)30-24-31-23(29-20-7-9-21(36-3)10-8-20)32-26(33-24)35-15-13-34(14-16-35)25-27-11-4-12-28-25/h4-12,17H,13-16H2,1-3H3,(H2,29,30,31,32,33). The molecule has 0 atom stereocenters. The van der Waals surface area contributed by atoms with Crippen LogP contribution in [0, 0.1) is 13.8 Å². The number of methoxy groups -OCH3 is 1. The number of ether oxygens (including phenoxy) is 1. The molecule has 10 heteroatoms. The van der Waals surface area contributed by atoms with Crippen LogP contribution in [0.1, 0.15) is 11.1 Å². The zero-order valence-corrected chi connectivity index (χ0v) is 20.6. The maximum atomic E-state index is 5.27. The van der Waals surface area contributed by atoms with Gasteiger partial charge in [-0.1, -0.05) is 12.1 Å². The lowest BCUT2D eigenvalue weighted by atomic mass is 10.1. The number of piperazine rings is 1. The minimum absolute atomic E-state index is 0.465. The summed E-state index contributed by atoms with van der Waals surface area (Å²) in [6.45, 7) is 7.16. The van der Waals surface area contributed by atoms with Crippen molar-refractivity contribution < 1.29 is 4.74 Å². The Labute approximate surface area is 210 Å². The molecule has 184 valence electrons. The quantitative estimate of drug-likeness (QED) is 0.399. The fourth-order valence-electron chi connectivity index (χ4n) is 3.97. The molecule has 0 bridgehead atoms. The molecule has 0 unspecified atom stereocenters. The highest BCUT2D eigenvalue weighted by atomic mass is 16.5. The third kappa shape index (κ3) is 5.43. The Bertz CT molecular complexity index is 1310. The molecule has 2 aromatic carbocycles. The lowest BCUT2D eigenvalue weighted by Gasteiger charge is -2.34. The predicted octanol–water partition coefficient (Wildman–Crippen LogP) is 4.10. The highest BCUT2D eigenvalue weighted by molar-refractivity contribution is 5.63. The number of nitrogens with one attached hydrogen (secondary N) is 2. The number of hydrogen-bond acceptors (Lipinski definition) is 10. The average Bonchev–Trinajstić information content (AvgIpc) is 2.92. The Kier molecular flexibility index (Phi) is 6.74. The molecule has 0 aliphatic carbocycles. The van der Waals surface area contributed by atoms with E-state index in [0.29, 0.717) is 17.8 Å². The van der Waals surface area contributed by atoms with Gasteiger partial charge in [0.25, 0.3) is 0 Å². The van der Waals surface area contributed by atoms with Crippen LogP contribution in [0.25, 0.3) is 0 Å². The topological polar surface area (TPSA) is 104 Å². The Balaban J connectivity index is 1.40. The van der Waals surface area contributed by atoms with Crippen LogP contribution in [0.3, 0.4) is 0 Å². The second kappa shape index (κ2) is 10.4. The van der Waals surface area contributed by atoms with Crippen LogP contribution in [0.4, 0.5) is 35.2 Å². The van der Waals surface area contributed by atoms with Crippen LogP contribution in [0.15, 0.2) is 60.9 Å². The summed E-state index contributed by atoms with van der Waals surface area (Å²) in [6, 6.07) is 15.7. The molecule has 1 aliphatic rings. The molecule has 5 rings (SSSR count). The first-order valence-electron chi connectivity index (χ1n) is 11.9. The van der Waals surface area contributed by atoms with E-state index >= 15 is 0 Å². The number of benzene rings is 2. The molecule has 36 heavy (non-hydrogen) atoms. The normalized spacial score (nSPS) is 13.4. The summed E-state index contributed by atoms with van der Waals surface area (Å²) < 4.78 is 5.27. The number of rotatable bonds is 7. The van der Waals surface area contributed by atoms with Crippen LogP contribution in [-0.2, 0) is 0 Å². The van der Waals surface area contributed by atoms with E-state index in [2.05, 4.69) is 67.4 Å². The first kappa shape index (κ1) is 23.3. The van der Waals surface area contributed by atoms with Crippen LogP contribution in [-0.4, -0.2) is 58.2 Å². The summed E-state index contributed by atoms with van der Waals surface area (Å²) in [5.74, 6) is 3.09. The molecule has 3 heterocycles. The minimum Gasteiger partial charge on any atom is -0.497 e. The fourth-order valence-corrected chi connectivity index (χ4v) is 3.97. The second-order valence-electron chi connectivity index (χ2n) is 8.60. The summed E-state index contributed by atoms with van der Waals surface area (Å²) in [4.78, 5) is 27.3. The number of aryl methyl sites for hydroxylation is 2. The van der Waals surface area contributed by atoms with E-state index in [-0.39, 0.29) is 0 Å². The Morgan fingerprint density at radius 2 is 1.39 bits per heavy atom. The molecule has 2 aromatic heterocycles. The van der Waals surface area contributed by atoms with E-state index in [1.807, 2.05) is 30.3 Å². The van der Waals surface area contributed by atoms with Gasteiger partial charge in [0.1, 0.15) is 5.75 Å². The van der Waals surface area contributed by atoms with Crippen molar-refractivity contribution in [3.05, 3.63) is 72.1 Å². The lowest BCUT2D eigenvalue weighted by Crippen LogP contribution is -2.47. The molecule has 1 fully saturated rings. The molecular weight excluding hydrogens is 454 g/mol. The van der Waals surface area contributed by atoms with Crippen LogP contribution in [0.2, 0.25) is 0 Å². The smallest absolute Gasteiger partial charge is 0.233 e. The van der Waals surface area contributed by atoms with Gasteiger partial charge in [0.05, 0.1) is 7.11 Å². The second-order valence-corrected chi connectivity index (χ2v) is 8.60. The van der Waals surface area contributed by atoms with Crippen molar-refractivity contribution in [2.24, 2.45) is 0 Å². The van der Waals surface area contributed by atoms with E-state index in [1.165, 1.54) is 0 Å². The molecule has 0 amide bonds. The molecule has 1 saturated heterocycles. The van der Waals surface area contributed by atoms with Gasteiger partial charge in [-0.15, -0.1) is 0 Å². The van der Waals surface area contributed by atoms with Gasteiger partial charge in [0.2, 0.25) is 23.8 Å². The first-order valence-corrected chi connectivity index (χ1v) is 11.9. The largest absolute Gasteiger partial charge is 0.497 e. The van der Waals surface area contributed by atoms with Crippen molar-refractivity contribution in [2.45, 2.75) is 13.8 Å². The molecule has 4 aromatic rings. The summed E-state index contributed by atoms with van der Waals surface area (Å²) in [6.07, 6.45) is 3.53. The molecule has 10 nitrogen and oxygen atoms in total. The number of hydrogen-bond donors (Lipinski definition) is 2. The maximum absolute atomic E-state index is 5.27. The summed E-state index contributed by atoms with van der Waals surface area (Å²) in [7, 11) is 1.65. The monoisotopic (exact) mass is 483 g/mol. The summed E-state index contributed by atoms with van der Waals surface area (Å²) in [5, 5.41) is 6.70. The summed E-state index contributed by atoms with van der Waals surface area (Å²) >= 11 is 0. The molecule has 0 radical (unpaired) electrons. The third-order valence-electron chi connectivity index (χ3n) is 6.01. The minimum atomic E-state index is 0.465. The zero-order chi connectivity index (χ0) is 24.9. The van der Waals surface area contributed by atoms with Gasteiger partial charge in [0, 0.05) is 49.9 Å². The fraction of sp³-hybridized carbons (Fsp3) is 0.269. The van der Waals surface area contributed by atoms with Gasteiger partial charge in [-0.2, -0.15) is 15.0 Å². The molecule has 2 N–H and O–H groups in total. The number of anilines is 6. The Morgan fingerprint density at radius 1 is 0.750 bits per heavy atom. The van der Waals surface area contributed by atoms with Gasteiger partial charge in [-0.05, 0) is 61.4 Å². The van der Waals surface area contributed by atoms with E-state index in [0.717, 1.165) is 60.4 Å². The van der Waals surface area contributed by atoms with Crippen molar-refractivity contribution in [3.8, 4) is 5.75 Å². The Hall–Kier alpha value is -4.47. The average molecular weight is 484 g/mol. The van der Waals surface area contributed by atoms with E-state index in [9.17, 15) is 0 Å². The van der Waals surface area contributed by atoms with Crippen LogP contribution >= 0.6 is 0 Å². The van der Waals surface area contributed by atoms with Crippen molar-refractivity contribution in [1.29, 1.82) is 0 Å². The molecule has 1 aliphatic heterocycles. The first-order chi connectivity index (χ1) is 17.6. The van der Waals surface area contributed by atoms with E-state index < -0.39 is 0 Å². The van der Waals surface area contributed by atoms with E-state index in [4.69, 9.17) is 14.7 Å². The van der Waals surface area contributed by atoms with Crippen molar-refractivity contribution >= 4 is 35.2 Å². The van der Waals surface area contributed by atoms with Gasteiger partial charge in [0.15, 0.2) is 0 Å². The summed E-state index contributed by atoms with van der Waals surface area (Å²) in [5.41, 5.74) is 4.10. The Morgan fingerprint density at radius 3 is 2.06 bits per heavy atom. The highest BCUT2D eigenvalue weighted by Crippen LogP contribution is 2.25. The number of nitrogens with zero attached hydrogens (tertiary/aromatic N) is 7. The van der Waals surface area contributed by atoms with Crippen molar-refractivity contribution in [1.82, 2.24) is 24.9 Å². The SMILES string of the molecule is COc1ccc(Nc2nc(Nc3cc(C)ccc3C)nc(N3CCN(c4ncccn4)CC3)n2)cc1. The zero-order valence-electron chi connectivity index (χ0n) is 20.6.